The molecule has 0 aromatic heterocycles. The molecular weight excluding hydrogens is 314 g/mol. The number of unbranched alkanes of at least 4 members (excludes halogenated alkanes) is 10. The summed E-state index contributed by atoms with van der Waals surface area (Å²) in [5, 5.41) is 2.74. The molecule has 0 heterocycles. The molecule has 0 aliphatic heterocycles. The second-order valence-electron chi connectivity index (χ2n) is 6.29. The van der Waals surface area contributed by atoms with Crippen LogP contribution < -0.4 is 5.32 Å². The smallest absolute Gasteiger partial charge is 0.266 e. The molecule has 0 saturated carbocycles. The molecule has 0 saturated heterocycles. The van der Waals surface area contributed by atoms with E-state index in [1.54, 1.807) is 0 Å². The first-order valence-electron chi connectivity index (χ1n) is 9.13. The van der Waals surface area contributed by atoms with Gasteiger partial charge in [-0.05, 0) is 6.42 Å². The van der Waals surface area contributed by atoms with Crippen LogP contribution in [0.1, 0.15) is 84.0 Å². The number of carbonyl (C=O) groups is 1. The topological polar surface area (TPSA) is 83.5 Å². The maximum atomic E-state index is 11.6. The molecule has 0 aromatic carbocycles. The molecule has 0 rings (SSSR count). The lowest BCUT2D eigenvalue weighted by atomic mass is 10.0. The summed E-state index contributed by atoms with van der Waals surface area (Å²) >= 11 is 0. The number of hydrogen-bond donors (Lipinski definition) is 2. The Morgan fingerprint density at radius 2 is 1.35 bits per heavy atom. The number of hydrogen-bond acceptors (Lipinski definition) is 4. The van der Waals surface area contributed by atoms with Crippen LogP contribution in [0.25, 0.3) is 0 Å². The standard InChI is InChI=1S/C17H35NO4S/c1-2-3-4-5-6-7-8-9-10-11-12-13-17(19)16-18-14-15-23(20,21)22/h18H,2-16H2,1H3,(H,20,21,22). The van der Waals surface area contributed by atoms with E-state index < -0.39 is 10.1 Å². The second kappa shape index (κ2) is 15.1. The number of nitrogens with one attached hydrogen (secondary N) is 1. The lowest BCUT2D eigenvalue weighted by Gasteiger charge is -2.04. The summed E-state index contributed by atoms with van der Waals surface area (Å²) in [6.45, 7) is 2.54. The number of rotatable bonds is 17. The normalized spacial score (nSPS) is 11.7. The van der Waals surface area contributed by atoms with E-state index >= 15 is 0 Å². The van der Waals surface area contributed by atoms with Crippen molar-refractivity contribution < 1.29 is 17.8 Å². The first kappa shape index (κ1) is 22.5. The molecule has 138 valence electrons. The average molecular weight is 350 g/mol. The molecule has 23 heavy (non-hydrogen) atoms. The Kier molecular flexibility index (Phi) is 14.8. The molecule has 5 nitrogen and oxygen atoms in total. The van der Waals surface area contributed by atoms with Crippen molar-refractivity contribution in [1.29, 1.82) is 0 Å². The van der Waals surface area contributed by atoms with Crippen LogP contribution in [0.15, 0.2) is 0 Å². The molecule has 6 heteroatoms. The molecular formula is C17H35NO4S. The minimum atomic E-state index is -3.93. The van der Waals surface area contributed by atoms with Gasteiger partial charge in [0.1, 0.15) is 5.78 Å². The molecule has 0 fully saturated rings. The van der Waals surface area contributed by atoms with E-state index in [4.69, 9.17) is 4.55 Å². The fourth-order valence-corrected chi connectivity index (χ4v) is 2.91. The Hall–Kier alpha value is -0.460. The third-order valence-corrected chi connectivity index (χ3v) is 4.64. The van der Waals surface area contributed by atoms with Crippen molar-refractivity contribution >= 4 is 15.9 Å². The summed E-state index contributed by atoms with van der Waals surface area (Å²) in [5.74, 6) is -0.241. The van der Waals surface area contributed by atoms with Crippen LogP contribution in [0.3, 0.4) is 0 Å². The number of Topliss-reactive ketones (excluding diaryl/α,β-unsaturated/α-hetero) is 1. The van der Waals surface area contributed by atoms with E-state index in [-0.39, 0.29) is 24.6 Å². The van der Waals surface area contributed by atoms with Crippen LogP contribution in [-0.4, -0.2) is 37.6 Å². The lowest BCUT2D eigenvalue weighted by molar-refractivity contribution is -0.118. The first-order chi connectivity index (χ1) is 11.0. The lowest BCUT2D eigenvalue weighted by Crippen LogP contribution is -2.28. The van der Waals surface area contributed by atoms with Gasteiger partial charge in [-0.3, -0.25) is 9.35 Å². The van der Waals surface area contributed by atoms with Gasteiger partial charge in [-0.15, -0.1) is 0 Å². The van der Waals surface area contributed by atoms with Crippen molar-refractivity contribution in [2.24, 2.45) is 0 Å². The zero-order chi connectivity index (χ0) is 17.4. The van der Waals surface area contributed by atoms with Crippen LogP contribution >= 0.6 is 0 Å². The molecule has 0 unspecified atom stereocenters. The second-order valence-corrected chi connectivity index (χ2v) is 7.86. The van der Waals surface area contributed by atoms with E-state index in [0.29, 0.717) is 6.42 Å². The van der Waals surface area contributed by atoms with Gasteiger partial charge < -0.3 is 5.32 Å². The van der Waals surface area contributed by atoms with Gasteiger partial charge in [0.05, 0.1) is 12.3 Å². The van der Waals surface area contributed by atoms with E-state index in [1.807, 2.05) is 0 Å². The van der Waals surface area contributed by atoms with Crippen molar-refractivity contribution in [3.63, 3.8) is 0 Å². The van der Waals surface area contributed by atoms with Crippen molar-refractivity contribution in [3.8, 4) is 0 Å². The maximum Gasteiger partial charge on any atom is 0.266 e. The maximum absolute atomic E-state index is 11.6. The van der Waals surface area contributed by atoms with Crippen LogP contribution in [0, 0.1) is 0 Å². The molecule has 0 radical (unpaired) electrons. The third kappa shape index (κ3) is 19.5. The number of carbonyl (C=O) groups excluding carboxylic acids is 1. The quantitative estimate of drug-likeness (QED) is 0.309. The summed E-state index contributed by atoms with van der Waals surface area (Å²) in [6.07, 6.45) is 14.4. The highest BCUT2D eigenvalue weighted by molar-refractivity contribution is 7.85. The van der Waals surface area contributed by atoms with Crippen molar-refractivity contribution in [1.82, 2.24) is 5.32 Å². The van der Waals surface area contributed by atoms with Gasteiger partial charge in [0.2, 0.25) is 0 Å². The van der Waals surface area contributed by atoms with Crippen LogP contribution in [0.2, 0.25) is 0 Å². The van der Waals surface area contributed by atoms with Crippen LogP contribution in [-0.2, 0) is 14.9 Å². The molecule has 0 atom stereocenters. The predicted octanol–water partition coefficient (Wildman–Crippen LogP) is 3.73. The van der Waals surface area contributed by atoms with E-state index in [9.17, 15) is 13.2 Å². The number of ketones is 1. The highest BCUT2D eigenvalue weighted by Gasteiger charge is 2.05. The SMILES string of the molecule is CCCCCCCCCCCCCC(=O)CNCCS(=O)(=O)O. The fourth-order valence-electron chi connectivity index (χ4n) is 2.50. The monoisotopic (exact) mass is 349 g/mol. The summed E-state index contributed by atoms with van der Waals surface area (Å²) in [6, 6.07) is 0. The van der Waals surface area contributed by atoms with Gasteiger partial charge in [0.15, 0.2) is 0 Å². The van der Waals surface area contributed by atoms with Gasteiger partial charge in [-0.1, -0.05) is 71.1 Å². The Labute approximate surface area is 142 Å². The Bertz CT molecular complexity index is 382. The molecule has 0 amide bonds. The summed E-state index contributed by atoms with van der Waals surface area (Å²) < 4.78 is 29.5. The zero-order valence-corrected chi connectivity index (χ0v) is 15.5. The fraction of sp³-hybridized carbons (Fsp3) is 0.941. The van der Waals surface area contributed by atoms with Gasteiger partial charge in [-0.25, -0.2) is 0 Å². The first-order valence-corrected chi connectivity index (χ1v) is 10.7. The van der Waals surface area contributed by atoms with E-state index in [0.717, 1.165) is 12.8 Å². The zero-order valence-electron chi connectivity index (χ0n) is 14.7. The summed E-state index contributed by atoms with van der Waals surface area (Å²) in [7, 11) is -3.93. The minimum Gasteiger partial charge on any atom is -0.309 e. The minimum absolute atomic E-state index is 0.108. The summed E-state index contributed by atoms with van der Waals surface area (Å²) in [4.78, 5) is 11.6. The van der Waals surface area contributed by atoms with Crippen molar-refractivity contribution in [2.45, 2.75) is 84.0 Å². The van der Waals surface area contributed by atoms with Gasteiger partial charge >= 0.3 is 0 Å². The van der Waals surface area contributed by atoms with E-state index in [1.165, 1.54) is 57.8 Å². The molecule has 0 bridgehead atoms. The van der Waals surface area contributed by atoms with Crippen LogP contribution in [0.5, 0.6) is 0 Å². The molecule has 0 aromatic rings. The van der Waals surface area contributed by atoms with Gasteiger partial charge in [0, 0.05) is 13.0 Å². The highest BCUT2D eigenvalue weighted by Crippen LogP contribution is 2.11. The molecule has 0 aliphatic carbocycles. The largest absolute Gasteiger partial charge is 0.309 e. The third-order valence-electron chi connectivity index (χ3n) is 3.92. The molecule has 2 N–H and O–H groups in total. The van der Waals surface area contributed by atoms with Gasteiger partial charge in [0.25, 0.3) is 10.1 Å². The van der Waals surface area contributed by atoms with E-state index in [2.05, 4.69) is 12.2 Å². The molecule has 0 aliphatic rings. The van der Waals surface area contributed by atoms with Gasteiger partial charge in [-0.2, -0.15) is 8.42 Å². The average Bonchev–Trinajstić information content (AvgIpc) is 2.48. The Balaban J connectivity index is 3.23. The molecule has 0 spiro atoms. The van der Waals surface area contributed by atoms with Crippen molar-refractivity contribution in [3.05, 3.63) is 0 Å². The van der Waals surface area contributed by atoms with Crippen molar-refractivity contribution in [2.75, 3.05) is 18.8 Å². The Morgan fingerprint density at radius 3 is 1.83 bits per heavy atom. The van der Waals surface area contributed by atoms with Crippen LogP contribution in [0.4, 0.5) is 0 Å². The Morgan fingerprint density at radius 1 is 0.870 bits per heavy atom. The highest BCUT2D eigenvalue weighted by atomic mass is 32.2. The summed E-state index contributed by atoms with van der Waals surface area (Å²) in [5.41, 5.74) is 0. The predicted molar refractivity (Wildman–Crippen MR) is 95.4 cm³/mol.